The molecule has 2 aromatic carbocycles. The van der Waals surface area contributed by atoms with E-state index in [0.717, 1.165) is 0 Å². The first-order valence-corrected chi connectivity index (χ1v) is 10.8. The standard InChI is InChI=1S/C24H21N5O6/c25-21-17-22(27-11-26-21)29(12-28-17)23-19(32)20(16(10-30)34-23)35-24(33)15-9-5-4-8-14(15)18(31)13-6-2-1-3-7-13/h1-9,11-12,16,19-20,23,30,32H,10H2,(H2,25,26,27). The number of carbonyl (C=O) groups excluding carboxylic acids is 2. The van der Waals surface area contributed by atoms with Crippen LogP contribution in [0, 0.1) is 0 Å². The van der Waals surface area contributed by atoms with E-state index in [1.807, 2.05) is 0 Å². The Bertz CT molecular complexity index is 1390. The number of benzene rings is 2. The van der Waals surface area contributed by atoms with E-state index in [9.17, 15) is 19.8 Å². The van der Waals surface area contributed by atoms with E-state index >= 15 is 0 Å². The lowest BCUT2D eigenvalue weighted by Crippen LogP contribution is -2.38. The molecule has 0 aliphatic carbocycles. The zero-order valence-corrected chi connectivity index (χ0v) is 18.3. The third-order valence-electron chi connectivity index (χ3n) is 5.82. The molecule has 11 heteroatoms. The second kappa shape index (κ2) is 9.22. The monoisotopic (exact) mass is 475 g/mol. The fourth-order valence-corrected chi connectivity index (χ4v) is 4.09. The summed E-state index contributed by atoms with van der Waals surface area (Å²) in [5.74, 6) is -1.03. The molecule has 1 fully saturated rings. The van der Waals surface area contributed by atoms with Crippen molar-refractivity contribution in [3.05, 3.63) is 83.9 Å². The highest BCUT2D eigenvalue weighted by atomic mass is 16.6. The molecule has 5 rings (SSSR count). The molecule has 0 spiro atoms. The summed E-state index contributed by atoms with van der Waals surface area (Å²) in [4.78, 5) is 38.3. The van der Waals surface area contributed by atoms with Crippen LogP contribution < -0.4 is 5.73 Å². The number of aromatic nitrogens is 4. The van der Waals surface area contributed by atoms with Crippen LogP contribution >= 0.6 is 0 Å². The average Bonchev–Trinajstić information content (AvgIpc) is 3.46. The van der Waals surface area contributed by atoms with Gasteiger partial charge in [0.15, 0.2) is 29.6 Å². The van der Waals surface area contributed by atoms with Gasteiger partial charge in [-0.2, -0.15) is 0 Å². The zero-order valence-electron chi connectivity index (χ0n) is 18.3. The van der Waals surface area contributed by atoms with Gasteiger partial charge in [0.1, 0.15) is 24.1 Å². The summed E-state index contributed by atoms with van der Waals surface area (Å²) in [5, 5.41) is 20.8. The Morgan fingerprint density at radius 3 is 2.49 bits per heavy atom. The number of carbonyl (C=O) groups is 2. The number of esters is 1. The fraction of sp³-hybridized carbons (Fsp3) is 0.208. The van der Waals surface area contributed by atoms with Gasteiger partial charge in [-0.25, -0.2) is 19.7 Å². The summed E-state index contributed by atoms with van der Waals surface area (Å²) >= 11 is 0. The van der Waals surface area contributed by atoms with Gasteiger partial charge in [0.2, 0.25) is 0 Å². The number of ketones is 1. The van der Waals surface area contributed by atoms with E-state index in [0.29, 0.717) is 16.7 Å². The lowest BCUT2D eigenvalue weighted by atomic mass is 9.98. The lowest BCUT2D eigenvalue weighted by Gasteiger charge is -2.20. The van der Waals surface area contributed by atoms with Crippen LogP contribution in [0.2, 0.25) is 0 Å². The number of fused-ring (bicyclic) bond motifs is 1. The smallest absolute Gasteiger partial charge is 0.339 e. The van der Waals surface area contributed by atoms with Gasteiger partial charge in [-0.3, -0.25) is 9.36 Å². The van der Waals surface area contributed by atoms with Gasteiger partial charge < -0.3 is 25.4 Å². The van der Waals surface area contributed by atoms with Crippen LogP contribution in [0.15, 0.2) is 67.3 Å². The predicted octanol–water partition coefficient (Wildman–Crippen LogP) is 1.12. The van der Waals surface area contributed by atoms with Gasteiger partial charge in [0.05, 0.1) is 18.5 Å². The molecule has 3 heterocycles. The molecular weight excluding hydrogens is 454 g/mol. The van der Waals surface area contributed by atoms with Gasteiger partial charge in [-0.1, -0.05) is 48.5 Å². The van der Waals surface area contributed by atoms with Crippen molar-refractivity contribution in [3.63, 3.8) is 0 Å². The molecule has 0 saturated carbocycles. The van der Waals surface area contributed by atoms with Gasteiger partial charge in [-0.15, -0.1) is 0 Å². The number of hydrogen-bond acceptors (Lipinski definition) is 10. The van der Waals surface area contributed by atoms with Crippen molar-refractivity contribution in [2.75, 3.05) is 12.3 Å². The first kappa shape index (κ1) is 22.6. The van der Waals surface area contributed by atoms with Crippen molar-refractivity contribution < 1.29 is 29.3 Å². The molecule has 11 nitrogen and oxygen atoms in total. The van der Waals surface area contributed by atoms with Crippen LogP contribution in [0.5, 0.6) is 0 Å². The number of nitrogens with two attached hydrogens (primary N) is 1. The Kier molecular flexibility index (Phi) is 5.95. The normalized spacial score (nSPS) is 21.8. The first-order valence-electron chi connectivity index (χ1n) is 10.8. The molecule has 0 bridgehead atoms. The topological polar surface area (TPSA) is 163 Å². The summed E-state index contributed by atoms with van der Waals surface area (Å²) < 4.78 is 12.8. The highest BCUT2D eigenvalue weighted by Gasteiger charge is 2.47. The number of nitrogens with zero attached hydrogens (tertiary/aromatic N) is 4. The predicted molar refractivity (Wildman–Crippen MR) is 122 cm³/mol. The summed E-state index contributed by atoms with van der Waals surface area (Å²) in [6.45, 7) is -0.528. The molecule has 4 atom stereocenters. The van der Waals surface area contributed by atoms with E-state index < -0.39 is 37.1 Å². The molecule has 1 aliphatic rings. The molecule has 4 N–H and O–H groups in total. The number of imidazole rings is 1. The Balaban J connectivity index is 1.42. The first-order chi connectivity index (χ1) is 17.0. The van der Waals surface area contributed by atoms with Crippen molar-refractivity contribution in [2.45, 2.75) is 24.5 Å². The van der Waals surface area contributed by atoms with Crippen LogP contribution in [0.1, 0.15) is 32.5 Å². The Morgan fingerprint density at radius 2 is 1.74 bits per heavy atom. The molecule has 4 aromatic rings. The summed E-state index contributed by atoms with van der Waals surface area (Å²) in [6, 6.07) is 14.8. The minimum absolute atomic E-state index is 0.0299. The molecule has 35 heavy (non-hydrogen) atoms. The number of anilines is 1. The van der Waals surface area contributed by atoms with Crippen molar-refractivity contribution in [1.82, 2.24) is 19.5 Å². The van der Waals surface area contributed by atoms with E-state index in [1.165, 1.54) is 29.4 Å². The van der Waals surface area contributed by atoms with Crippen molar-refractivity contribution in [1.29, 1.82) is 0 Å². The Labute approximate surface area is 198 Å². The lowest BCUT2D eigenvalue weighted by molar-refractivity contribution is -0.0529. The maximum Gasteiger partial charge on any atom is 0.339 e. The number of ether oxygens (including phenoxy) is 2. The SMILES string of the molecule is Nc1ncnc2c1ncn2C1OC(CO)C(OC(=O)c2ccccc2C(=O)c2ccccc2)C1O. The number of rotatable bonds is 6. The highest BCUT2D eigenvalue weighted by Crippen LogP contribution is 2.34. The number of aliphatic hydroxyl groups excluding tert-OH is 2. The minimum atomic E-state index is -1.37. The van der Waals surface area contributed by atoms with Crippen molar-refractivity contribution in [3.8, 4) is 0 Å². The van der Waals surface area contributed by atoms with Crippen molar-refractivity contribution in [2.24, 2.45) is 0 Å². The third-order valence-corrected chi connectivity index (χ3v) is 5.82. The van der Waals surface area contributed by atoms with Crippen LogP contribution in [0.4, 0.5) is 5.82 Å². The summed E-state index contributed by atoms with van der Waals surface area (Å²) in [7, 11) is 0. The molecule has 1 saturated heterocycles. The second-order valence-corrected chi connectivity index (χ2v) is 7.93. The number of nitrogen functional groups attached to an aromatic ring is 1. The Morgan fingerprint density at radius 1 is 1.03 bits per heavy atom. The van der Waals surface area contributed by atoms with E-state index in [2.05, 4.69) is 15.0 Å². The fourth-order valence-electron chi connectivity index (χ4n) is 4.09. The largest absolute Gasteiger partial charge is 0.453 e. The van der Waals surface area contributed by atoms with Crippen LogP contribution in [-0.4, -0.2) is 66.4 Å². The van der Waals surface area contributed by atoms with Crippen LogP contribution in [0.25, 0.3) is 11.2 Å². The van der Waals surface area contributed by atoms with Gasteiger partial charge in [0, 0.05) is 11.1 Å². The third kappa shape index (κ3) is 4.01. The van der Waals surface area contributed by atoms with E-state index in [-0.39, 0.29) is 22.7 Å². The molecular formula is C24H21N5O6. The Hall–Kier alpha value is -4.19. The molecule has 178 valence electrons. The van der Waals surface area contributed by atoms with Crippen LogP contribution in [-0.2, 0) is 9.47 Å². The molecule has 0 radical (unpaired) electrons. The van der Waals surface area contributed by atoms with Gasteiger partial charge >= 0.3 is 5.97 Å². The maximum atomic E-state index is 13.1. The van der Waals surface area contributed by atoms with E-state index in [1.54, 1.807) is 42.5 Å². The highest BCUT2D eigenvalue weighted by molar-refractivity contribution is 6.14. The average molecular weight is 475 g/mol. The molecule has 1 aliphatic heterocycles. The number of aliphatic hydroxyl groups is 2. The summed E-state index contributed by atoms with van der Waals surface area (Å²) in [5.41, 5.74) is 7.05. The maximum absolute atomic E-state index is 13.1. The van der Waals surface area contributed by atoms with Gasteiger partial charge in [-0.05, 0) is 6.07 Å². The van der Waals surface area contributed by atoms with E-state index in [4.69, 9.17) is 15.2 Å². The van der Waals surface area contributed by atoms with Crippen molar-refractivity contribution >= 4 is 28.7 Å². The summed E-state index contributed by atoms with van der Waals surface area (Å²) in [6.07, 6.45) is -2.08. The zero-order chi connectivity index (χ0) is 24.5. The quantitative estimate of drug-likeness (QED) is 0.272. The second-order valence-electron chi connectivity index (χ2n) is 7.93. The molecule has 4 unspecified atom stereocenters. The number of hydrogen-bond donors (Lipinski definition) is 3. The van der Waals surface area contributed by atoms with Crippen LogP contribution in [0.3, 0.4) is 0 Å². The molecule has 2 aromatic heterocycles. The minimum Gasteiger partial charge on any atom is -0.453 e. The molecule has 0 amide bonds. The van der Waals surface area contributed by atoms with Gasteiger partial charge in [0.25, 0.3) is 0 Å².